The van der Waals surface area contributed by atoms with Gasteiger partial charge in [-0.05, 0) is 62.7 Å². The highest BCUT2D eigenvalue weighted by Gasteiger charge is 2.13. The van der Waals surface area contributed by atoms with Crippen molar-refractivity contribution in [2.75, 3.05) is 18.9 Å². The summed E-state index contributed by atoms with van der Waals surface area (Å²) in [6, 6.07) is 8.07. The molecule has 6 heteroatoms. The van der Waals surface area contributed by atoms with Gasteiger partial charge in [0.1, 0.15) is 5.76 Å². The lowest BCUT2D eigenvalue weighted by atomic mass is 9.99. The molecule has 0 spiro atoms. The molecular weight excluding hydrogens is 346 g/mol. The Hall–Kier alpha value is -2.44. The molecule has 5 nitrogen and oxygen atoms in total. The fourth-order valence-corrected chi connectivity index (χ4v) is 3.55. The van der Waals surface area contributed by atoms with Crippen molar-refractivity contribution in [3.63, 3.8) is 0 Å². The quantitative estimate of drug-likeness (QED) is 0.700. The average molecular weight is 369 g/mol. The highest BCUT2D eigenvalue weighted by molar-refractivity contribution is 7.14. The van der Waals surface area contributed by atoms with Crippen molar-refractivity contribution in [3.05, 3.63) is 58.4 Å². The largest absolute Gasteiger partial charge is 0.468 e. The Morgan fingerprint density at radius 3 is 2.73 bits per heavy atom. The van der Waals surface area contributed by atoms with Crippen molar-refractivity contribution in [2.24, 2.45) is 0 Å². The Bertz CT molecular complexity index is 900. The van der Waals surface area contributed by atoms with E-state index in [2.05, 4.69) is 43.2 Å². The molecule has 0 radical (unpaired) electrons. The van der Waals surface area contributed by atoms with Gasteiger partial charge in [0.25, 0.3) is 0 Å². The number of benzene rings is 1. The summed E-state index contributed by atoms with van der Waals surface area (Å²) in [5.41, 5.74) is 5.71. The number of aromatic nitrogens is 1. The molecule has 136 valence electrons. The number of carbonyl (C=O) groups excluding carboxylic acids is 1. The van der Waals surface area contributed by atoms with E-state index in [0.29, 0.717) is 11.7 Å². The number of nitrogens with zero attached hydrogens (tertiary/aromatic N) is 2. The fraction of sp³-hybridized carbons (Fsp3) is 0.300. The van der Waals surface area contributed by atoms with Crippen LogP contribution in [0, 0.1) is 20.8 Å². The average Bonchev–Trinajstić information content (AvgIpc) is 3.22. The number of furan rings is 1. The molecule has 1 aromatic carbocycles. The van der Waals surface area contributed by atoms with Gasteiger partial charge < -0.3 is 9.73 Å². The van der Waals surface area contributed by atoms with Crippen molar-refractivity contribution < 1.29 is 9.21 Å². The molecule has 0 atom stereocenters. The van der Waals surface area contributed by atoms with Crippen LogP contribution >= 0.6 is 11.3 Å². The molecule has 1 amide bonds. The van der Waals surface area contributed by atoms with E-state index in [9.17, 15) is 4.79 Å². The van der Waals surface area contributed by atoms with Gasteiger partial charge in [0, 0.05) is 10.9 Å². The Morgan fingerprint density at radius 1 is 1.23 bits per heavy atom. The zero-order chi connectivity index (χ0) is 18.7. The molecule has 3 aromatic rings. The van der Waals surface area contributed by atoms with Crippen LogP contribution in [0.25, 0.3) is 11.3 Å². The van der Waals surface area contributed by atoms with Crippen LogP contribution in [0.4, 0.5) is 5.13 Å². The van der Waals surface area contributed by atoms with Gasteiger partial charge in [0.05, 0.1) is 25.0 Å². The van der Waals surface area contributed by atoms with E-state index in [1.54, 1.807) is 6.26 Å². The number of carbonyl (C=O) groups is 1. The first-order valence-corrected chi connectivity index (χ1v) is 9.35. The predicted octanol–water partition coefficient (Wildman–Crippen LogP) is 4.40. The van der Waals surface area contributed by atoms with E-state index in [-0.39, 0.29) is 12.5 Å². The van der Waals surface area contributed by atoms with E-state index in [1.165, 1.54) is 28.0 Å². The lowest BCUT2D eigenvalue weighted by Crippen LogP contribution is -2.29. The molecule has 26 heavy (non-hydrogen) atoms. The van der Waals surface area contributed by atoms with E-state index in [0.717, 1.165) is 17.0 Å². The van der Waals surface area contributed by atoms with Gasteiger partial charge in [-0.2, -0.15) is 0 Å². The monoisotopic (exact) mass is 369 g/mol. The number of anilines is 1. The predicted molar refractivity (Wildman–Crippen MR) is 105 cm³/mol. The minimum absolute atomic E-state index is 0.0863. The molecule has 0 aliphatic heterocycles. The van der Waals surface area contributed by atoms with Gasteiger partial charge in [-0.1, -0.05) is 6.07 Å². The minimum atomic E-state index is -0.0863. The molecule has 3 rings (SSSR count). The van der Waals surface area contributed by atoms with Crippen LogP contribution in [-0.4, -0.2) is 29.4 Å². The molecule has 0 fully saturated rings. The number of amides is 1. The Balaban J connectivity index is 1.63. The number of nitrogens with one attached hydrogen (secondary N) is 1. The number of hydrogen-bond donors (Lipinski definition) is 1. The van der Waals surface area contributed by atoms with Crippen molar-refractivity contribution >= 4 is 22.4 Å². The third-order valence-electron chi connectivity index (χ3n) is 4.29. The van der Waals surface area contributed by atoms with Gasteiger partial charge >= 0.3 is 0 Å². The number of thiazole rings is 1. The summed E-state index contributed by atoms with van der Waals surface area (Å²) in [6.45, 7) is 7.16. The highest BCUT2D eigenvalue weighted by Crippen LogP contribution is 2.29. The standard InChI is InChI=1S/C20H23N3O2S/c1-13-8-15(3)17(9-14(13)2)18-12-26-20(21-18)22-19(24)11-23(4)10-16-6-5-7-25-16/h5-9,12H,10-11H2,1-4H3,(H,21,22,24). The fourth-order valence-electron chi connectivity index (χ4n) is 2.82. The minimum Gasteiger partial charge on any atom is -0.468 e. The van der Waals surface area contributed by atoms with Crippen LogP contribution in [0.3, 0.4) is 0 Å². The topological polar surface area (TPSA) is 58.4 Å². The number of rotatable bonds is 6. The van der Waals surface area contributed by atoms with Crippen LogP contribution in [0.1, 0.15) is 22.5 Å². The molecule has 2 heterocycles. The second kappa shape index (κ2) is 7.85. The summed E-state index contributed by atoms with van der Waals surface area (Å²) >= 11 is 1.44. The normalized spacial score (nSPS) is 11.1. The molecular formula is C20H23N3O2S. The maximum absolute atomic E-state index is 12.2. The third-order valence-corrected chi connectivity index (χ3v) is 5.04. The van der Waals surface area contributed by atoms with Crippen LogP contribution in [0.5, 0.6) is 0 Å². The summed E-state index contributed by atoms with van der Waals surface area (Å²) in [6.07, 6.45) is 1.63. The maximum atomic E-state index is 12.2. The second-order valence-electron chi connectivity index (χ2n) is 6.59. The SMILES string of the molecule is Cc1cc(C)c(-c2csc(NC(=O)CN(C)Cc3ccco3)n2)cc1C. The van der Waals surface area contributed by atoms with E-state index in [1.807, 2.05) is 29.5 Å². The molecule has 0 saturated carbocycles. The molecule has 0 aliphatic rings. The molecule has 2 aromatic heterocycles. The number of likely N-dealkylation sites (N-methyl/N-ethyl adjacent to an activating group) is 1. The molecule has 0 unspecified atom stereocenters. The summed E-state index contributed by atoms with van der Waals surface area (Å²) in [5, 5.41) is 5.49. The molecule has 0 bridgehead atoms. The first-order valence-electron chi connectivity index (χ1n) is 8.47. The van der Waals surface area contributed by atoms with Gasteiger partial charge in [-0.25, -0.2) is 4.98 Å². The smallest absolute Gasteiger partial charge is 0.240 e. The molecule has 0 aliphatic carbocycles. The van der Waals surface area contributed by atoms with E-state index in [4.69, 9.17) is 4.42 Å². The van der Waals surface area contributed by atoms with Crippen molar-refractivity contribution in [1.82, 2.24) is 9.88 Å². The summed E-state index contributed by atoms with van der Waals surface area (Å²) in [4.78, 5) is 18.7. The third kappa shape index (κ3) is 4.39. The van der Waals surface area contributed by atoms with Crippen LogP contribution in [0.2, 0.25) is 0 Å². The molecule has 1 N–H and O–H groups in total. The lowest BCUT2D eigenvalue weighted by molar-refractivity contribution is -0.117. The summed E-state index contributed by atoms with van der Waals surface area (Å²) < 4.78 is 5.30. The van der Waals surface area contributed by atoms with Crippen molar-refractivity contribution in [1.29, 1.82) is 0 Å². The van der Waals surface area contributed by atoms with Crippen LogP contribution in [0.15, 0.2) is 40.3 Å². The van der Waals surface area contributed by atoms with Crippen LogP contribution in [-0.2, 0) is 11.3 Å². The summed E-state index contributed by atoms with van der Waals surface area (Å²) in [5.74, 6) is 0.749. The lowest BCUT2D eigenvalue weighted by Gasteiger charge is -2.13. The summed E-state index contributed by atoms with van der Waals surface area (Å²) in [7, 11) is 1.88. The van der Waals surface area contributed by atoms with Gasteiger partial charge in [-0.3, -0.25) is 9.69 Å². The van der Waals surface area contributed by atoms with Crippen molar-refractivity contribution in [3.8, 4) is 11.3 Å². The maximum Gasteiger partial charge on any atom is 0.240 e. The van der Waals surface area contributed by atoms with E-state index < -0.39 is 0 Å². The first kappa shape index (κ1) is 18.4. The van der Waals surface area contributed by atoms with Gasteiger partial charge in [-0.15, -0.1) is 11.3 Å². The van der Waals surface area contributed by atoms with Gasteiger partial charge in [0.2, 0.25) is 5.91 Å². The van der Waals surface area contributed by atoms with Crippen LogP contribution < -0.4 is 5.32 Å². The van der Waals surface area contributed by atoms with E-state index >= 15 is 0 Å². The number of aryl methyl sites for hydroxylation is 3. The van der Waals surface area contributed by atoms with Crippen molar-refractivity contribution in [2.45, 2.75) is 27.3 Å². The molecule has 0 saturated heterocycles. The Kier molecular flexibility index (Phi) is 5.54. The zero-order valence-electron chi connectivity index (χ0n) is 15.5. The highest BCUT2D eigenvalue weighted by atomic mass is 32.1. The van der Waals surface area contributed by atoms with Gasteiger partial charge in [0.15, 0.2) is 5.13 Å². The zero-order valence-corrected chi connectivity index (χ0v) is 16.3. The Morgan fingerprint density at radius 2 is 2.00 bits per heavy atom. The number of hydrogen-bond acceptors (Lipinski definition) is 5. The second-order valence-corrected chi connectivity index (χ2v) is 7.45. The Labute approximate surface area is 157 Å². The first-order chi connectivity index (χ1) is 12.4.